The molecular weight excluding hydrogens is 485 g/mol. The van der Waals surface area contributed by atoms with Crippen molar-refractivity contribution in [3.63, 3.8) is 0 Å². The molecule has 2 fully saturated rings. The molecule has 2 N–H and O–H groups in total. The van der Waals surface area contributed by atoms with E-state index in [9.17, 15) is 14.4 Å². The van der Waals surface area contributed by atoms with Gasteiger partial charge in [0.25, 0.3) is 11.8 Å². The van der Waals surface area contributed by atoms with Gasteiger partial charge >= 0.3 is 0 Å². The zero-order chi connectivity index (χ0) is 24.9. The first-order chi connectivity index (χ1) is 16.8. The van der Waals surface area contributed by atoms with E-state index in [0.717, 1.165) is 44.1 Å². The van der Waals surface area contributed by atoms with Gasteiger partial charge in [-0.2, -0.15) is 0 Å². The lowest BCUT2D eigenvalue weighted by molar-refractivity contribution is -0.127. The van der Waals surface area contributed by atoms with Crippen molar-refractivity contribution in [1.82, 2.24) is 15.5 Å². The summed E-state index contributed by atoms with van der Waals surface area (Å²) >= 11 is 12.1. The van der Waals surface area contributed by atoms with Crippen molar-refractivity contribution in [3.05, 3.63) is 69.2 Å². The first kappa shape index (κ1) is 25.5. The molecule has 1 saturated heterocycles. The van der Waals surface area contributed by atoms with Crippen molar-refractivity contribution in [3.8, 4) is 0 Å². The fourth-order valence-corrected chi connectivity index (χ4v) is 5.61. The molecule has 2 aliphatic rings. The standard InChI is InChI=1S/C27H31Cl2N3O3/c1-17-7-2-3-9-22(17)26(34)31-24-11-5-4-10-23(24)30-25(33)18-8-6-12-32(16-18)27(35)19-13-20(28)15-21(29)14-19/h2-3,7,9,13-15,18,23-24H,4-6,8,10-12,16H2,1H3,(H,30,33)(H,31,34)/t18?,23?,24-/m1/s1. The highest BCUT2D eigenvalue weighted by Gasteiger charge is 2.33. The number of carbonyl (C=O) groups is 3. The highest BCUT2D eigenvalue weighted by Crippen LogP contribution is 2.25. The quantitative estimate of drug-likeness (QED) is 0.587. The third-order valence-electron chi connectivity index (χ3n) is 6.99. The first-order valence-electron chi connectivity index (χ1n) is 12.2. The predicted molar refractivity (Wildman–Crippen MR) is 138 cm³/mol. The Kier molecular flexibility index (Phi) is 8.34. The third kappa shape index (κ3) is 6.36. The van der Waals surface area contributed by atoms with Gasteiger partial charge in [0.1, 0.15) is 0 Å². The zero-order valence-corrected chi connectivity index (χ0v) is 21.4. The number of aryl methyl sites for hydroxylation is 1. The van der Waals surface area contributed by atoms with Gasteiger partial charge in [-0.25, -0.2) is 0 Å². The van der Waals surface area contributed by atoms with Crippen LogP contribution in [0, 0.1) is 12.8 Å². The molecule has 2 aromatic carbocycles. The molecule has 8 heteroatoms. The second-order valence-electron chi connectivity index (χ2n) is 9.54. The molecule has 1 aliphatic heterocycles. The van der Waals surface area contributed by atoms with Crippen LogP contribution in [0.4, 0.5) is 0 Å². The van der Waals surface area contributed by atoms with Crippen LogP contribution in [0.1, 0.15) is 64.8 Å². The number of amides is 3. The molecule has 3 amide bonds. The molecule has 0 aromatic heterocycles. The summed E-state index contributed by atoms with van der Waals surface area (Å²) in [5.74, 6) is -0.637. The van der Waals surface area contributed by atoms with Gasteiger partial charge in [0.15, 0.2) is 0 Å². The number of nitrogens with zero attached hydrogens (tertiary/aromatic N) is 1. The fourth-order valence-electron chi connectivity index (χ4n) is 5.09. The topological polar surface area (TPSA) is 78.5 Å². The Morgan fingerprint density at radius 1 is 0.886 bits per heavy atom. The number of rotatable bonds is 5. The number of hydrogen-bond donors (Lipinski definition) is 2. The summed E-state index contributed by atoms with van der Waals surface area (Å²) in [5, 5.41) is 7.16. The van der Waals surface area contributed by atoms with Gasteiger partial charge in [-0.1, -0.05) is 54.2 Å². The van der Waals surface area contributed by atoms with Crippen LogP contribution in [0.5, 0.6) is 0 Å². The van der Waals surface area contributed by atoms with Gasteiger partial charge in [0.2, 0.25) is 5.91 Å². The number of halogens is 2. The molecule has 4 rings (SSSR count). The summed E-state index contributed by atoms with van der Waals surface area (Å²) in [7, 11) is 0. The average molecular weight is 516 g/mol. The number of benzene rings is 2. The van der Waals surface area contributed by atoms with Gasteiger partial charge in [-0.15, -0.1) is 0 Å². The molecule has 2 aromatic rings. The van der Waals surface area contributed by atoms with Crippen LogP contribution in [-0.2, 0) is 4.79 Å². The second-order valence-corrected chi connectivity index (χ2v) is 10.4. The molecule has 1 aliphatic carbocycles. The normalized spacial score (nSPS) is 22.4. The lowest BCUT2D eigenvalue weighted by Gasteiger charge is -2.36. The van der Waals surface area contributed by atoms with E-state index in [0.29, 0.717) is 34.3 Å². The van der Waals surface area contributed by atoms with E-state index in [1.807, 2.05) is 31.2 Å². The van der Waals surface area contributed by atoms with E-state index >= 15 is 0 Å². The highest BCUT2D eigenvalue weighted by molar-refractivity contribution is 6.35. The smallest absolute Gasteiger partial charge is 0.253 e. The van der Waals surface area contributed by atoms with Crippen LogP contribution in [0.2, 0.25) is 10.0 Å². The summed E-state index contributed by atoms with van der Waals surface area (Å²) in [6.07, 6.45) is 5.13. The van der Waals surface area contributed by atoms with Crippen molar-refractivity contribution < 1.29 is 14.4 Å². The van der Waals surface area contributed by atoms with E-state index in [2.05, 4.69) is 10.6 Å². The lowest BCUT2D eigenvalue weighted by atomic mass is 9.88. The Hall–Kier alpha value is -2.57. The van der Waals surface area contributed by atoms with E-state index in [1.165, 1.54) is 0 Å². The Labute approximate surface area is 216 Å². The third-order valence-corrected chi connectivity index (χ3v) is 7.43. The summed E-state index contributed by atoms with van der Waals surface area (Å²) in [6, 6.07) is 12.1. The van der Waals surface area contributed by atoms with E-state index < -0.39 is 0 Å². The molecule has 6 nitrogen and oxygen atoms in total. The van der Waals surface area contributed by atoms with Crippen molar-refractivity contribution in [1.29, 1.82) is 0 Å². The minimum atomic E-state index is -0.294. The molecule has 1 saturated carbocycles. The average Bonchev–Trinajstić information content (AvgIpc) is 2.84. The van der Waals surface area contributed by atoms with Crippen molar-refractivity contribution in [2.45, 2.75) is 57.5 Å². The Morgan fingerprint density at radius 2 is 1.54 bits per heavy atom. The second kappa shape index (κ2) is 11.4. The van der Waals surface area contributed by atoms with Gasteiger partial charge in [0.05, 0.1) is 5.92 Å². The van der Waals surface area contributed by atoms with Gasteiger partial charge in [-0.05, 0) is 62.4 Å². The molecular formula is C27H31Cl2N3O3. The predicted octanol–water partition coefficient (Wildman–Crippen LogP) is 5.01. The van der Waals surface area contributed by atoms with Gasteiger partial charge < -0.3 is 15.5 Å². The summed E-state index contributed by atoms with van der Waals surface area (Å²) < 4.78 is 0. The van der Waals surface area contributed by atoms with Crippen LogP contribution in [0.25, 0.3) is 0 Å². The monoisotopic (exact) mass is 515 g/mol. The Bertz CT molecular complexity index is 1090. The van der Waals surface area contributed by atoms with Crippen LogP contribution >= 0.6 is 23.2 Å². The summed E-state index contributed by atoms with van der Waals surface area (Å²) in [4.78, 5) is 40.8. The molecule has 3 atom stereocenters. The number of carbonyl (C=O) groups excluding carboxylic acids is 3. The largest absolute Gasteiger partial charge is 0.351 e. The van der Waals surface area contributed by atoms with Crippen molar-refractivity contribution >= 4 is 40.9 Å². The zero-order valence-electron chi connectivity index (χ0n) is 19.9. The molecule has 186 valence electrons. The van der Waals surface area contributed by atoms with Crippen LogP contribution in [0.15, 0.2) is 42.5 Å². The molecule has 35 heavy (non-hydrogen) atoms. The number of likely N-dealkylation sites (tertiary alicyclic amines) is 1. The summed E-state index contributed by atoms with van der Waals surface area (Å²) in [6.45, 7) is 2.86. The maximum absolute atomic E-state index is 13.2. The number of piperidine rings is 1. The SMILES string of the molecule is Cc1ccccc1C(=O)N[C@@H]1CCCCC1NC(=O)C1CCCN(C(=O)c2cc(Cl)cc(Cl)c2)C1. The minimum Gasteiger partial charge on any atom is -0.351 e. The fraction of sp³-hybridized carbons (Fsp3) is 0.444. The number of hydrogen-bond acceptors (Lipinski definition) is 3. The Morgan fingerprint density at radius 3 is 2.23 bits per heavy atom. The highest BCUT2D eigenvalue weighted by atomic mass is 35.5. The molecule has 0 bridgehead atoms. The lowest BCUT2D eigenvalue weighted by Crippen LogP contribution is -2.55. The number of nitrogens with one attached hydrogen (secondary N) is 2. The maximum atomic E-state index is 13.2. The van der Waals surface area contributed by atoms with Crippen molar-refractivity contribution in [2.24, 2.45) is 5.92 Å². The van der Waals surface area contributed by atoms with Gasteiger partial charge in [-0.3, -0.25) is 14.4 Å². The van der Waals surface area contributed by atoms with Crippen LogP contribution < -0.4 is 10.6 Å². The summed E-state index contributed by atoms with van der Waals surface area (Å²) in [5.41, 5.74) is 2.01. The van der Waals surface area contributed by atoms with E-state index in [4.69, 9.17) is 23.2 Å². The maximum Gasteiger partial charge on any atom is 0.253 e. The van der Waals surface area contributed by atoms with E-state index in [-0.39, 0.29) is 35.7 Å². The molecule has 0 radical (unpaired) electrons. The van der Waals surface area contributed by atoms with Crippen LogP contribution in [0.3, 0.4) is 0 Å². The van der Waals surface area contributed by atoms with Crippen LogP contribution in [-0.4, -0.2) is 47.8 Å². The van der Waals surface area contributed by atoms with E-state index in [1.54, 1.807) is 23.1 Å². The first-order valence-corrected chi connectivity index (χ1v) is 13.0. The Balaban J connectivity index is 1.38. The molecule has 2 unspecified atom stereocenters. The van der Waals surface area contributed by atoms with Crippen molar-refractivity contribution in [2.75, 3.05) is 13.1 Å². The van der Waals surface area contributed by atoms with Gasteiger partial charge in [0, 0.05) is 46.3 Å². The molecule has 1 heterocycles. The minimum absolute atomic E-state index is 0.0614. The molecule has 0 spiro atoms.